The molecule has 0 saturated carbocycles. The summed E-state index contributed by atoms with van der Waals surface area (Å²) < 4.78 is 18.1. The van der Waals surface area contributed by atoms with E-state index in [4.69, 9.17) is 20.6 Å². The molecule has 2 aliphatic heterocycles. The molecule has 2 aliphatic rings. The summed E-state index contributed by atoms with van der Waals surface area (Å²) in [7, 11) is 0. The molecule has 0 radical (unpaired) electrons. The number of rotatable bonds is 4. The van der Waals surface area contributed by atoms with Gasteiger partial charge < -0.3 is 14.2 Å². The van der Waals surface area contributed by atoms with Gasteiger partial charge in [0.05, 0.1) is 29.2 Å². The second-order valence-corrected chi connectivity index (χ2v) is 9.63. The first-order chi connectivity index (χ1) is 11.3. The zero-order chi connectivity index (χ0) is 17.9. The molecular formula is C17H23Br3O4. The van der Waals surface area contributed by atoms with Gasteiger partial charge in [0.15, 0.2) is 0 Å². The Morgan fingerprint density at radius 3 is 2.46 bits per heavy atom. The average molecular weight is 531 g/mol. The molecule has 2 heterocycles. The lowest BCUT2D eigenvalue weighted by atomic mass is 9.96. The Kier molecular flexibility index (Phi) is 8.07. The van der Waals surface area contributed by atoms with Crippen molar-refractivity contribution in [1.82, 2.24) is 0 Å². The number of halogens is 3. The summed E-state index contributed by atoms with van der Waals surface area (Å²) in [6.45, 7) is 3.56. The Bertz CT molecular complexity index is 481. The lowest BCUT2D eigenvalue weighted by Crippen LogP contribution is -2.44. The van der Waals surface area contributed by atoms with Crippen molar-refractivity contribution in [2.75, 3.05) is 0 Å². The maximum atomic E-state index is 11.5. The van der Waals surface area contributed by atoms with Crippen LogP contribution in [0.25, 0.3) is 0 Å². The summed E-state index contributed by atoms with van der Waals surface area (Å²) in [6, 6.07) is 0. The smallest absolute Gasteiger partial charge is 0.302 e. The largest absolute Gasteiger partial charge is 0.461 e. The van der Waals surface area contributed by atoms with Gasteiger partial charge in [-0.15, -0.1) is 6.42 Å². The molecule has 2 fully saturated rings. The zero-order valence-corrected chi connectivity index (χ0v) is 18.5. The first-order valence-electron chi connectivity index (χ1n) is 8.22. The van der Waals surface area contributed by atoms with E-state index in [0.29, 0.717) is 6.42 Å². The molecule has 0 aromatic heterocycles. The highest BCUT2D eigenvalue weighted by Gasteiger charge is 2.45. The van der Waals surface area contributed by atoms with Crippen LogP contribution in [-0.2, 0) is 19.0 Å². The van der Waals surface area contributed by atoms with Crippen molar-refractivity contribution in [1.29, 1.82) is 0 Å². The number of hydrogen-bond acceptors (Lipinski definition) is 4. The summed E-state index contributed by atoms with van der Waals surface area (Å²) in [5.41, 5.74) is 0. The molecule has 0 aromatic carbocycles. The van der Waals surface area contributed by atoms with Gasteiger partial charge in [-0.2, -0.15) is 0 Å². The van der Waals surface area contributed by atoms with Crippen LogP contribution in [0, 0.1) is 12.3 Å². The summed E-state index contributed by atoms with van der Waals surface area (Å²) in [6.07, 6.45) is 8.09. The molecule has 8 unspecified atom stereocenters. The molecule has 136 valence electrons. The Morgan fingerprint density at radius 1 is 1.25 bits per heavy atom. The topological polar surface area (TPSA) is 44.8 Å². The first-order valence-corrected chi connectivity index (χ1v) is 11.0. The molecule has 2 rings (SSSR count). The van der Waals surface area contributed by atoms with Crippen LogP contribution in [0.1, 0.15) is 39.5 Å². The molecule has 7 heteroatoms. The third-order valence-corrected chi connectivity index (χ3v) is 7.55. The fraction of sp³-hybridized carbons (Fsp3) is 0.824. The van der Waals surface area contributed by atoms with E-state index in [0.717, 1.165) is 19.3 Å². The normalized spacial score (nSPS) is 39.0. The molecule has 0 aliphatic carbocycles. The van der Waals surface area contributed by atoms with Crippen molar-refractivity contribution in [3.8, 4) is 12.3 Å². The predicted molar refractivity (Wildman–Crippen MR) is 104 cm³/mol. The molecule has 0 bridgehead atoms. The number of ether oxygens (including phenoxy) is 3. The molecule has 8 atom stereocenters. The Labute approximate surface area is 169 Å². The number of fused-ring (bicyclic) bond motifs is 1. The minimum Gasteiger partial charge on any atom is -0.461 e. The number of hydrogen-bond donors (Lipinski definition) is 0. The van der Waals surface area contributed by atoms with Crippen molar-refractivity contribution >= 4 is 53.8 Å². The predicted octanol–water partition coefficient (Wildman–Crippen LogP) is 3.96. The zero-order valence-electron chi connectivity index (χ0n) is 13.8. The molecule has 2 saturated heterocycles. The van der Waals surface area contributed by atoms with E-state index < -0.39 is 0 Å². The van der Waals surface area contributed by atoms with E-state index in [2.05, 4.69) is 60.6 Å². The third kappa shape index (κ3) is 5.20. The van der Waals surface area contributed by atoms with Crippen LogP contribution in [0.2, 0.25) is 0 Å². The van der Waals surface area contributed by atoms with Crippen LogP contribution >= 0.6 is 47.8 Å². The number of alkyl halides is 3. The summed E-state index contributed by atoms with van der Waals surface area (Å²) >= 11 is 10.9. The van der Waals surface area contributed by atoms with Crippen molar-refractivity contribution in [2.24, 2.45) is 0 Å². The Balaban J connectivity index is 2.19. The van der Waals surface area contributed by atoms with Crippen LogP contribution in [0.5, 0.6) is 0 Å². The third-order valence-electron chi connectivity index (χ3n) is 4.50. The lowest BCUT2D eigenvalue weighted by Gasteiger charge is -2.36. The molecule has 0 N–H and O–H groups in total. The highest BCUT2D eigenvalue weighted by atomic mass is 79.9. The molecule has 0 amide bonds. The van der Waals surface area contributed by atoms with Crippen LogP contribution < -0.4 is 0 Å². The highest BCUT2D eigenvalue weighted by molar-refractivity contribution is 9.10. The molecule has 24 heavy (non-hydrogen) atoms. The van der Waals surface area contributed by atoms with Gasteiger partial charge in [-0.1, -0.05) is 60.6 Å². The van der Waals surface area contributed by atoms with Gasteiger partial charge in [-0.25, -0.2) is 0 Å². The van der Waals surface area contributed by atoms with Gasteiger partial charge in [-0.3, -0.25) is 4.79 Å². The molecule has 0 aromatic rings. The molecule has 4 nitrogen and oxygen atoms in total. The fourth-order valence-corrected chi connectivity index (χ4v) is 4.63. The highest BCUT2D eigenvalue weighted by Crippen LogP contribution is 2.38. The van der Waals surface area contributed by atoms with Gasteiger partial charge in [-0.05, 0) is 12.8 Å². The maximum Gasteiger partial charge on any atom is 0.302 e. The number of esters is 1. The SMILES string of the molecule is C#CC(Br)C1CC2OC(C(Br)CC)CC(Br)C(OC(C)=O)CC2O1. The second-order valence-electron chi connectivity index (χ2n) is 6.29. The van der Waals surface area contributed by atoms with Crippen molar-refractivity contribution < 1.29 is 19.0 Å². The van der Waals surface area contributed by atoms with Crippen LogP contribution in [0.15, 0.2) is 0 Å². The minimum atomic E-state index is -0.276. The van der Waals surface area contributed by atoms with E-state index in [9.17, 15) is 4.79 Å². The number of terminal acetylenes is 1. The molecular weight excluding hydrogens is 508 g/mol. The molecule has 0 spiro atoms. The van der Waals surface area contributed by atoms with E-state index in [-0.39, 0.29) is 51.0 Å². The van der Waals surface area contributed by atoms with Gasteiger partial charge in [0.2, 0.25) is 0 Å². The monoisotopic (exact) mass is 528 g/mol. The minimum absolute atomic E-state index is 0.0206. The Morgan fingerprint density at radius 2 is 1.88 bits per heavy atom. The van der Waals surface area contributed by atoms with Crippen LogP contribution in [0.3, 0.4) is 0 Å². The summed E-state index contributed by atoms with van der Waals surface area (Å²) in [4.78, 5) is 11.6. The van der Waals surface area contributed by atoms with E-state index in [1.807, 2.05) is 0 Å². The van der Waals surface area contributed by atoms with Crippen molar-refractivity contribution in [2.45, 2.75) is 84.5 Å². The van der Waals surface area contributed by atoms with Crippen LogP contribution in [0.4, 0.5) is 0 Å². The summed E-state index contributed by atoms with van der Waals surface area (Å²) in [5, 5.41) is 0. The van der Waals surface area contributed by atoms with Gasteiger partial charge in [0.1, 0.15) is 10.9 Å². The summed E-state index contributed by atoms with van der Waals surface area (Å²) in [5.74, 6) is 2.40. The first kappa shape index (κ1) is 20.7. The van der Waals surface area contributed by atoms with Crippen molar-refractivity contribution in [3.05, 3.63) is 0 Å². The van der Waals surface area contributed by atoms with Gasteiger partial charge in [0.25, 0.3) is 0 Å². The van der Waals surface area contributed by atoms with E-state index >= 15 is 0 Å². The van der Waals surface area contributed by atoms with Crippen molar-refractivity contribution in [3.63, 3.8) is 0 Å². The van der Waals surface area contributed by atoms with Gasteiger partial charge >= 0.3 is 5.97 Å². The quantitative estimate of drug-likeness (QED) is 0.314. The van der Waals surface area contributed by atoms with E-state index in [1.54, 1.807) is 0 Å². The fourth-order valence-electron chi connectivity index (χ4n) is 3.26. The van der Waals surface area contributed by atoms with Crippen LogP contribution in [-0.4, -0.2) is 51.0 Å². The van der Waals surface area contributed by atoms with E-state index in [1.165, 1.54) is 6.92 Å². The standard InChI is InChI=1S/C17H23Br3O4/c1-4-10(18)13-6-12(20)15(22-9(3)21)8-17-16(23-13)7-14(24-17)11(19)5-2/h2,10-17H,4,6-8H2,1,3H3. The lowest BCUT2D eigenvalue weighted by molar-refractivity contribution is -0.152. The second kappa shape index (κ2) is 9.36. The Hall–Kier alpha value is 0.390. The average Bonchev–Trinajstić information content (AvgIpc) is 2.92. The number of carbonyl (C=O) groups excluding carboxylic acids is 1. The number of carbonyl (C=O) groups is 1. The maximum absolute atomic E-state index is 11.5. The van der Waals surface area contributed by atoms with Gasteiger partial charge in [0, 0.05) is 24.6 Å².